The van der Waals surface area contributed by atoms with Crippen LogP contribution in [0.2, 0.25) is 0 Å². The zero-order chi connectivity index (χ0) is 17.5. The minimum atomic E-state index is 0. The number of aliphatic imine (C=N–C) groups is 1. The first-order valence-corrected chi connectivity index (χ1v) is 8.99. The fraction of sp³-hybridized carbons (Fsp3) is 0.579. The Labute approximate surface area is 168 Å². The highest BCUT2D eigenvalue weighted by molar-refractivity contribution is 14.0. The van der Waals surface area contributed by atoms with Crippen molar-refractivity contribution < 1.29 is 0 Å². The summed E-state index contributed by atoms with van der Waals surface area (Å²) < 4.78 is 2.28. The number of hydrogen-bond acceptors (Lipinski definition) is 2. The van der Waals surface area contributed by atoms with Gasteiger partial charge in [0.15, 0.2) is 5.96 Å². The van der Waals surface area contributed by atoms with Crippen molar-refractivity contribution in [2.24, 2.45) is 10.9 Å². The van der Waals surface area contributed by atoms with E-state index in [-0.39, 0.29) is 24.0 Å². The quantitative estimate of drug-likeness (QED) is 0.287. The van der Waals surface area contributed by atoms with Crippen LogP contribution in [0.25, 0.3) is 11.0 Å². The molecule has 2 rings (SSSR count). The number of guanidine groups is 1. The molecule has 1 aromatic heterocycles. The summed E-state index contributed by atoms with van der Waals surface area (Å²) in [6.07, 6.45) is 0.994. The predicted octanol–water partition coefficient (Wildman–Crippen LogP) is 3.95. The second kappa shape index (κ2) is 10.6. The van der Waals surface area contributed by atoms with Crippen LogP contribution in [-0.4, -0.2) is 34.6 Å². The second-order valence-corrected chi connectivity index (χ2v) is 6.59. The Morgan fingerprint density at radius 1 is 1.24 bits per heavy atom. The average Bonchev–Trinajstić information content (AvgIpc) is 2.87. The molecule has 1 heterocycles. The molecule has 0 fully saturated rings. The molecule has 0 aliphatic carbocycles. The molecule has 1 unspecified atom stereocenters. The summed E-state index contributed by atoms with van der Waals surface area (Å²) in [5.41, 5.74) is 2.27. The lowest BCUT2D eigenvalue weighted by Crippen LogP contribution is -2.44. The number of aryl methyl sites for hydroxylation is 2. The van der Waals surface area contributed by atoms with Gasteiger partial charge < -0.3 is 15.2 Å². The van der Waals surface area contributed by atoms with Crippen LogP contribution in [0.5, 0.6) is 0 Å². The summed E-state index contributed by atoms with van der Waals surface area (Å²) >= 11 is 0. The van der Waals surface area contributed by atoms with E-state index in [1.807, 2.05) is 6.07 Å². The maximum atomic E-state index is 4.71. The molecule has 0 bridgehead atoms. The van der Waals surface area contributed by atoms with Gasteiger partial charge in [-0.2, -0.15) is 0 Å². The molecule has 0 saturated carbocycles. The van der Waals surface area contributed by atoms with Gasteiger partial charge in [0.25, 0.3) is 0 Å². The van der Waals surface area contributed by atoms with Gasteiger partial charge in [0, 0.05) is 25.7 Å². The number of imidazole rings is 1. The molecule has 2 aromatic rings. The fourth-order valence-electron chi connectivity index (χ4n) is 2.60. The number of aromatic nitrogens is 2. The van der Waals surface area contributed by atoms with Crippen molar-refractivity contribution in [1.29, 1.82) is 0 Å². The second-order valence-electron chi connectivity index (χ2n) is 6.59. The van der Waals surface area contributed by atoms with Crippen LogP contribution in [-0.2, 0) is 6.54 Å². The van der Waals surface area contributed by atoms with E-state index in [4.69, 9.17) is 4.99 Å². The summed E-state index contributed by atoms with van der Waals surface area (Å²) in [7, 11) is 0. The molecule has 1 atom stereocenters. The van der Waals surface area contributed by atoms with Gasteiger partial charge in [0.2, 0.25) is 0 Å². The topological polar surface area (TPSA) is 54.2 Å². The first-order valence-electron chi connectivity index (χ1n) is 8.99. The van der Waals surface area contributed by atoms with Crippen molar-refractivity contribution >= 4 is 41.0 Å². The summed E-state index contributed by atoms with van der Waals surface area (Å²) in [6, 6.07) is 8.71. The molecule has 5 nitrogen and oxygen atoms in total. The lowest BCUT2D eigenvalue weighted by Gasteiger charge is -2.20. The third kappa shape index (κ3) is 6.17. The van der Waals surface area contributed by atoms with Crippen LogP contribution in [0.3, 0.4) is 0 Å². The summed E-state index contributed by atoms with van der Waals surface area (Å²) in [5, 5.41) is 6.79. The molecule has 25 heavy (non-hydrogen) atoms. The van der Waals surface area contributed by atoms with Gasteiger partial charge in [-0.3, -0.25) is 4.99 Å². The van der Waals surface area contributed by atoms with Crippen LogP contribution in [0.1, 0.15) is 39.9 Å². The number of halogens is 1. The Bertz CT molecular complexity index is 678. The number of benzene rings is 1. The Kier molecular flexibility index (Phi) is 9.24. The highest BCUT2D eigenvalue weighted by Gasteiger charge is 2.09. The molecule has 0 radical (unpaired) electrons. The highest BCUT2D eigenvalue weighted by atomic mass is 127. The van der Waals surface area contributed by atoms with Crippen LogP contribution in [0.4, 0.5) is 0 Å². The summed E-state index contributed by atoms with van der Waals surface area (Å²) in [4.78, 5) is 9.32. The van der Waals surface area contributed by atoms with E-state index in [0.717, 1.165) is 43.4 Å². The normalized spacial score (nSPS) is 13.0. The third-order valence-corrected chi connectivity index (χ3v) is 4.36. The van der Waals surface area contributed by atoms with Crippen molar-refractivity contribution in [1.82, 2.24) is 20.2 Å². The van der Waals surface area contributed by atoms with Crippen LogP contribution >= 0.6 is 24.0 Å². The molecule has 6 heteroatoms. The Balaban J connectivity index is 0.00000312. The summed E-state index contributed by atoms with van der Waals surface area (Å²) in [6.45, 7) is 13.4. The van der Waals surface area contributed by atoms with Crippen molar-refractivity contribution in [2.75, 3.05) is 13.1 Å². The Morgan fingerprint density at radius 3 is 2.64 bits per heavy atom. The Morgan fingerprint density at radius 2 is 1.96 bits per heavy atom. The number of nitrogens with zero attached hydrogens (tertiary/aromatic N) is 3. The molecule has 1 aromatic carbocycles. The van der Waals surface area contributed by atoms with Gasteiger partial charge in [0.05, 0.1) is 11.0 Å². The van der Waals surface area contributed by atoms with Gasteiger partial charge in [-0.1, -0.05) is 26.0 Å². The van der Waals surface area contributed by atoms with Crippen molar-refractivity contribution in [3.05, 3.63) is 30.1 Å². The standard InChI is InChI=1S/C19H31N5.HI/c1-6-20-19(22-15(4)14(2)3)21-12-9-13-24-16(5)23-17-10-7-8-11-18(17)24;/h7-8,10-11,14-15H,6,9,12-13H2,1-5H3,(H2,20,21,22);1H. The lowest BCUT2D eigenvalue weighted by molar-refractivity contribution is 0.480. The Hall–Kier alpha value is -1.31. The zero-order valence-corrected chi connectivity index (χ0v) is 18.4. The fourth-order valence-corrected chi connectivity index (χ4v) is 2.60. The van der Waals surface area contributed by atoms with Gasteiger partial charge in [-0.05, 0) is 45.2 Å². The van der Waals surface area contributed by atoms with Gasteiger partial charge >= 0.3 is 0 Å². The minimum absolute atomic E-state index is 0. The zero-order valence-electron chi connectivity index (χ0n) is 16.0. The van der Waals surface area contributed by atoms with Crippen molar-refractivity contribution in [3.63, 3.8) is 0 Å². The number of fused-ring (bicyclic) bond motifs is 1. The maximum absolute atomic E-state index is 4.71. The molecule has 140 valence electrons. The highest BCUT2D eigenvalue weighted by Crippen LogP contribution is 2.15. The molecule has 0 aliphatic heterocycles. The van der Waals surface area contributed by atoms with Crippen molar-refractivity contribution in [3.8, 4) is 0 Å². The van der Waals surface area contributed by atoms with Gasteiger partial charge in [-0.25, -0.2) is 4.98 Å². The average molecular weight is 457 g/mol. The minimum Gasteiger partial charge on any atom is -0.357 e. The smallest absolute Gasteiger partial charge is 0.191 e. The van der Waals surface area contributed by atoms with E-state index in [1.165, 1.54) is 5.52 Å². The molecular weight excluding hydrogens is 425 g/mol. The van der Waals surface area contributed by atoms with E-state index >= 15 is 0 Å². The van der Waals surface area contributed by atoms with Gasteiger partial charge in [0.1, 0.15) is 5.82 Å². The van der Waals surface area contributed by atoms with Gasteiger partial charge in [-0.15, -0.1) is 24.0 Å². The third-order valence-electron chi connectivity index (χ3n) is 4.36. The lowest BCUT2D eigenvalue weighted by atomic mass is 10.1. The molecular formula is C19H32IN5. The molecule has 0 aliphatic rings. The van der Waals surface area contributed by atoms with E-state index < -0.39 is 0 Å². The monoisotopic (exact) mass is 457 g/mol. The first kappa shape index (κ1) is 21.7. The van der Waals surface area contributed by atoms with E-state index in [0.29, 0.717) is 12.0 Å². The van der Waals surface area contributed by atoms with E-state index in [2.05, 4.69) is 73.0 Å². The first-order chi connectivity index (χ1) is 11.5. The largest absolute Gasteiger partial charge is 0.357 e. The predicted molar refractivity (Wildman–Crippen MR) is 118 cm³/mol. The maximum Gasteiger partial charge on any atom is 0.191 e. The van der Waals surface area contributed by atoms with Crippen LogP contribution < -0.4 is 10.6 Å². The summed E-state index contributed by atoms with van der Waals surface area (Å²) in [5.74, 6) is 2.55. The number of nitrogens with one attached hydrogen (secondary N) is 2. The number of hydrogen-bond donors (Lipinski definition) is 2. The molecule has 0 saturated heterocycles. The number of para-hydroxylation sites is 2. The van der Waals surface area contributed by atoms with E-state index in [1.54, 1.807) is 0 Å². The van der Waals surface area contributed by atoms with Crippen LogP contribution in [0.15, 0.2) is 29.3 Å². The van der Waals surface area contributed by atoms with E-state index in [9.17, 15) is 0 Å². The molecule has 0 amide bonds. The van der Waals surface area contributed by atoms with Crippen molar-refractivity contribution in [2.45, 2.75) is 53.6 Å². The molecule has 2 N–H and O–H groups in total. The number of rotatable bonds is 7. The SMILES string of the molecule is CCNC(=NCCCn1c(C)nc2ccccc21)NC(C)C(C)C.I. The van der Waals surface area contributed by atoms with Crippen LogP contribution in [0, 0.1) is 12.8 Å². The molecule has 0 spiro atoms.